The number of para-hydroxylation sites is 1. The van der Waals surface area contributed by atoms with Gasteiger partial charge in [0, 0.05) is 29.2 Å². The molecule has 25 heavy (non-hydrogen) atoms. The van der Waals surface area contributed by atoms with Crippen LogP contribution >= 0.6 is 0 Å². The number of hydrogen-bond donors (Lipinski definition) is 1. The Morgan fingerprint density at radius 2 is 1.76 bits per heavy atom. The van der Waals surface area contributed by atoms with E-state index in [0.29, 0.717) is 12.1 Å². The van der Waals surface area contributed by atoms with Crippen molar-refractivity contribution >= 4 is 10.9 Å². The van der Waals surface area contributed by atoms with Gasteiger partial charge in [-0.2, -0.15) is 0 Å². The van der Waals surface area contributed by atoms with Crippen LogP contribution in [0.3, 0.4) is 0 Å². The van der Waals surface area contributed by atoms with Crippen molar-refractivity contribution in [1.82, 2.24) is 14.8 Å². The molecule has 0 spiro atoms. The second kappa shape index (κ2) is 8.28. The van der Waals surface area contributed by atoms with Crippen molar-refractivity contribution in [3.05, 3.63) is 71.7 Å². The number of rotatable bonds is 8. The highest BCUT2D eigenvalue weighted by atomic mass is 19.1. The van der Waals surface area contributed by atoms with Crippen LogP contribution in [0.4, 0.5) is 4.39 Å². The van der Waals surface area contributed by atoms with Gasteiger partial charge in [0.05, 0.1) is 6.54 Å². The third kappa shape index (κ3) is 4.47. The van der Waals surface area contributed by atoms with Crippen molar-refractivity contribution in [2.45, 2.75) is 19.5 Å². The van der Waals surface area contributed by atoms with Crippen LogP contribution < -0.4 is 5.32 Å². The second-order valence-corrected chi connectivity index (χ2v) is 6.72. The summed E-state index contributed by atoms with van der Waals surface area (Å²) in [4.78, 5) is 2.20. The van der Waals surface area contributed by atoms with Gasteiger partial charge < -0.3 is 14.8 Å². The Hall–Kier alpha value is -2.17. The van der Waals surface area contributed by atoms with Gasteiger partial charge in [0.1, 0.15) is 5.82 Å². The highest BCUT2D eigenvalue weighted by Gasteiger charge is 2.10. The average molecular weight is 339 g/mol. The zero-order valence-electron chi connectivity index (χ0n) is 15.0. The van der Waals surface area contributed by atoms with Crippen LogP contribution in [0.2, 0.25) is 0 Å². The molecule has 0 aliphatic heterocycles. The Morgan fingerprint density at radius 1 is 1.00 bits per heavy atom. The summed E-state index contributed by atoms with van der Waals surface area (Å²) in [6.45, 7) is 3.46. The minimum atomic E-state index is -0.149. The number of halogens is 1. The number of aromatic nitrogens is 1. The lowest BCUT2D eigenvalue weighted by Gasteiger charge is -2.09. The normalized spacial score (nSPS) is 11.5. The Balaban J connectivity index is 1.75. The zero-order chi connectivity index (χ0) is 17.6. The summed E-state index contributed by atoms with van der Waals surface area (Å²) < 4.78 is 16.1. The highest BCUT2D eigenvalue weighted by molar-refractivity contribution is 5.84. The van der Waals surface area contributed by atoms with Crippen molar-refractivity contribution in [2.75, 3.05) is 27.2 Å². The van der Waals surface area contributed by atoms with Crippen LogP contribution in [-0.2, 0) is 13.1 Å². The third-order valence-electron chi connectivity index (χ3n) is 4.44. The summed E-state index contributed by atoms with van der Waals surface area (Å²) in [5.41, 5.74) is 3.13. The molecule has 1 heterocycles. The molecule has 0 aliphatic carbocycles. The first-order valence-electron chi connectivity index (χ1n) is 8.81. The van der Waals surface area contributed by atoms with E-state index in [1.165, 1.54) is 17.0 Å². The third-order valence-corrected chi connectivity index (χ3v) is 4.44. The highest BCUT2D eigenvalue weighted by Crippen LogP contribution is 2.23. The SMILES string of the molecule is CN(C)CCCNCc1cn(Cc2ccccc2F)c2ccccc12. The van der Waals surface area contributed by atoms with E-state index in [1.807, 2.05) is 18.2 Å². The van der Waals surface area contributed by atoms with Gasteiger partial charge in [-0.25, -0.2) is 4.39 Å². The number of nitrogens with one attached hydrogen (secondary N) is 1. The average Bonchev–Trinajstić information content (AvgIpc) is 2.94. The summed E-state index contributed by atoms with van der Waals surface area (Å²) in [5.74, 6) is -0.149. The molecule has 3 nitrogen and oxygen atoms in total. The molecular formula is C21H26FN3. The van der Waals surface area contributed by atoms with Crippen molar-refractivity contribution in [3.63, 3.8) is 0 Å². The molecule has 132 valence electrons. The predicted octanol–water partition coefficient (Wildman–Crippen LogP) is 3.87. The number of fused-ring (bicyclic) bond motifs is 1. The van der Waals surface area contributed by atoms with Crippen LogP contribution in [0.15, 0.2) is 54.7 Å². The van der Waals surface area contributed by atoms with Gasteiger partial charge in [0.25, 0.3) is 0 Å². The summed E-state index contributed by atoms with van der Waals surface area (Å²) >= 11 is 0. The minimum Gasteiger partial charge on any atom is -0.343 e. The number of benzene rings is 2. The molecule has 4 heteroatoms. The lowest BCUT2D eigenvalue weighted by molar-refractivity contribution is 0.394. The molecule has 0 amide bonds. The van der Waals surface area contributed by atoms with Crippen LogP contribution in [0.1, 0.15) is 17.5 Å². The molecule has 0 atom stereocenters. The molecule has 0 saturated heterocycles. The maximum Gasteiger partial charge on any atom is 0.128 e. The van der Waals surface area contributed by atoms with Crippen molar-refractivity contribution in [3.8, 4) is 0 Å². The fourth-order valence-electron chi connectivity index (χ4n) is 3.15. The van der Waals surface area contributed by atoms with Crippen molar-refractivity contribution < 1.29 is 4.39 Å². The van der Waals surface area contributed by atoms with Gasteiger partial charge >= 0.3 is 0 Å². The quantitative estimate of drug-likeness (QED) is 0.629. The van der Waals surface area contributed by atoms with E-state index in [1.54, 1.807) is 6.07 Å². The van der Waals surface area contributed by atoms with E-state index in [9.17, 15) is 4.39 Å². The molecule has 0 unspecified atom stereocenters. The van der Waals surface area contributed by atoms with E-state index in [-0.39, 0.29) is 5.82 Å². The first kappa shape index (κ1) is 17.6. The van der Waals surface area contributed by atoms with E-state index in [4.69, 9.17) is 0 Å². The minimum absolute atomic E-state index is 0.149. The number of hydrogen-bond acceptors (Lipinski definition) is 2. The van der Waals surface area contributed by atoms with Crippen molar-refractivity contribution in [2.24, 2.45) is 0 Å². The number of nitrogens with zero attached hydrogens (tertiary/aromatic N) is 2. The Kier molecular flexibility index (Phi) is 5.84. The standard InChI is InChI=1S/C21H26FN3/c1-24(2)13-7-12-23-14-18-16-25(21-11-6-4-9-19(18)21)15-17-8-3-5-10-20(17)22/h3-6,8-11,16,23H,7,12-15H2,1-2H3. The molecule has 0 bridgehead atoms. The van der Waals surface area contributed by atoms with Gasteiger partial charge in [0.15, 0.2) is 0 Å². The molecule has 0 fully saturated rings. The van der Waals surface area contributed by atoms with Gasteiger partial charge in [-0.05, 0) is 51.3 Å². The Labute approximate surface area is 149 Å². The first-order valence-corrected chi connectivity index (χ1v) is 8.81. The van der Waals surface area contributed by atoms with Crippen molar-refractivity contribution in [1.29, 1.82) is 0 Å². The van der Waals surface area contributed by atoms with Crippen LogP contribution in [0.5, 0.6) is 0 Å². The Bertz CT molecular complexity index is 823. The van der Waals surface area contributed by atoms with Crippen LogP contribution in [-0.4, -0.2) is 36.7 Å². The smallest absolute Gasteiger partial charge is 0.128 e. The van der Waals surface area contributed by atoms with E-state index in [2.05, 4.69) is 53.3 Å². The largest absolute Gasteiger partial charge is 0.343 e. The molecular weight excluding hydrogens is 313 g/mol. The molecule has 0 saturated carbocycles. The summed E-state index contributed by atoms with van der Waals surface area (Å²) in [5, 5.41) is 4.76. The lowest BCUT2D eigenvalue weighted by Crippen LogP contribution is -2.20. The zero-order valence-corrected chi connectivity index (χ0v) is 15.0. The maximum absolute atomic E-state index is 14.0. The van der Waals surface area contributed by atoms with Gasteiger partial charge in [-0.3, -0.25) is 0 Å². The fourth-order valence-corrected chi connectivity index (χ4v) is 3.15. The van der Waals surface area contributed by atoms with Crippen LogP contribution in [0, 0.1) is 5.82 Å². The van der Waals surface area contributed by atoms with Gasteiger partial charge in [0.2, 0.25) is 0 Å². The van der Waals surface area contributed by atoms with E-state index < -0.39 is 0 Å². The van der Waals surface area contributed by atoms with E-state index in [0.717, 1.165) is 31.6 Å². The molecule has 2 aromatic carbocycles. The Morgan fingerprint density at radius 3 is 2.56 bits per heavy atom. The summed E-state index contributed by atoms with van der Waals surface area (Å²) in [6.07, 6.45) is 3.27. The first-order chi connectivity index (χ1) is 12.1. The maximum atomic E-state index is 14.0. The fraction of sp³-hybridized carbons (Fsp3) is 0.333. The molecule has 0 radical (unpaired) electrons. The molecule has 1 N–H and O–H groups in total. The lowest BCUT2D eigenvalue weighted by atomic mass is 10.2. The second-order valence-electron chi connectivity index (χ2n) is 6.72. The predicted molar refractivity (Wildman–Crippen MR) is 102 cm³/mol. The van der Waals surface area contributed by atoms with Gasteiger partial charge in [-0.1, -0.05) is 36.4 Å². The van der Waals surface area contributed by atoms with Crippen LogP contribution in [0.25, 0.3) is 10.9 Å². The molecule has 0 aliphatic rings. The molecule has 3 aromatic rings. The molecule has 1 aromatic heterocycles. The van der Waals surface area contributed by atoms with Gasteiger partial charge in [-0.15, -0.1) is 0 Å². The summed E-state index contributed by atoms with van der Waals surface area (Å²) in [7, 11) is 4.19. The summed E-state index contributed by atoms with van der Waals surface area (Å²) in [6, 6.07) is 15.3. The topological polar surface area (TPSA) is 20.2 Å². The van der Waals surface area contributed by atoms with E-state index >= 15 is 0 Å². The monoisotopic (exact) mass is 339 g/mol. The molecule has 3 rings (SSSR count).